The highest BCUT2D eigenvalue weighted by Crippen LogP contribution is 2.27. The van der Waals surface area contributed by atoms with Crippen molar-refractivity contribution in [1.82, 2.24) is 0 Å². The average Bonchev–Trinajstić information content (AvgIpc) is 2.40. The van der Waals surface area contributed by atoms with E-state index in [-0.39, 0.29) is 11.8 Å². The number of nitrogens with one attached hydrogen (secondary N) is 1. The number of hydrogen-bond acceptors (Lipinski definition) is 2. The van der Waals surface area contributed by atoms with Gasteiger partial charge in [0.25, 0.3) is 0 Å². The van der Waals surface area contributed by atoms with E-state index in [9.17, 15) is 9.59 Å². The minimum atomic E-state index is 0.00111. The molecule has 0 spiro atoms. The van der Waals surface area contributed by atoms with Crippen LogP contribution in [-0.2, 0) is 9.59 Å². The van der Waals surface area contributed by atoms with Crippen molar-refractivity contribution in [3.05, 3.63) is 23.8 Å². The topological polar surface area (TPSA) is 49.4 Å². The Labute approximate surface area is 113 Å². The summed E-state index contributed by atoms with van der Waals surface area (Å²) in [6.07, 6.45) is 3.14. The molecule has 0 unspecified atom stereocenters. The predicted octanol–water partition coefficient (Wildman–Crippen LogP) is 2.86. The molecule has 1 aromatic carbocycles. The largest absolute Gasteiger partial charge is 0.326 e. The first kappa shape index (κ1) is 13.6. The van der Waals surface area contributed by atoms with E-state index < -0.39 is 0 Å². The first-order chi connectivity index (χ1) is 9.11. The Morgan fingerprint density at radius 2 is 2.16 bits per heavy atom. The molecule has 0 bridgehead atoms. The lowest BCUT2D eigenvalue weighted by molar-refractivity contribution is -0.119. The molecule has 0 saturated carbocycles. The van der Waals surface area contributed by atoms with Gasteiger partial charge in [0.2, 0.25) is 11.8 Å². The van der Waals surface area contributed by atoms with E-state index >= 15 is 0 Å². The van der Waals surface area contributed by atoms with Crippen LogP contribution in [0.15, 0.2) is 18.2 Å². The van der Waals surface area contributed by atoms with Crippen LogP contribution in [-0.4, -0.2) is 18.4 Å². The summed E-state index contributed by atoms with van der Waals surface area (Å²) in [7, 11) is 0. The lowest BCUT2D eigenvalue weighted by Gasteiger charge is -2.28. The molecule has 0 aromatic heterocycles. The van der Waals surface area contributed by atoms with Gasteiger partial charge in [-0.05, 0) is 43.5 Å². The number of benzene rings is 1. The Hall–Kier alpha value is -1.84. The van der Waals surface area contributed by atoms with E-state index in [1.807, 2.05) is 36.9 Å². The molecule has 2 rings (SSSR count). The van der Waals surface area contributed by atoms with Gasteiger partial charge in [-0.25, -0.2) is 0 Å². The third-order valence-corrected chi connectivity index (χ3v) is 3.42. The minimum Gasteiger partial charge on any atom is -0.326 e. The monoisotopic (exact) mass is 260 g/mol. The smallest absolute Gasteiger partial charge is 0.226 e. The van der Waals surface area contributed by atoms with E-state index in [2.05, 4.69) is 5.32 Å². The van der Waals surface area contributed by atoms with Crippen LogP contribution in [0.25, 0.3) is 0 Å². The third kappa shape index (κ3) is 3.13. The fourth-order valence-corrected chi connectivity index (χ4v) is 2.35. The Bertz CT molecular complexity index is 497. The van der Waals surface area contributed by atoms with Crippen molar-refractivity contribution in [3.63, 3.8) is 0 Å². The molecule has 4 nitrogen and oxygen atoms in total. The summed E-state index contributed by atoms with van der Waals surface area (Å²) in [6, 6.07) is 5.70. The number of aryl methyl sites for hydroxylation is 1. The van der Waals surface area contributed by atoms with Gasteiger partial charge in [-0.15, -0.1) is 0 Å². The van der Waals surface area contributed by atoms with E-state index in [4.69, 9.17) is 0 Å². The van der Waals surface area contributed by atoms with Gasteiger partial charge >= 0.3 is 0 Å². The summed E-state index contributed by atoms with van der Waals surface area (Å²) in [6.45, 7) is 4.59. The highest BCUT2D eigenvalue weighted by atomic mass is 16.2. The number of piperidine rings is 1. The standard InChI is InChI=1S/C15H20N2O2/c1-3-14(18)16-12-7-8-13(11(2)10-12)17-9-5-4-6-15(17)19/h7-8,10H,3-6,9H2,1-2H3,(H,16,18). The van der Waals surface area contributed by atoms with Crippen LogP contribution in [0.5, 0.6) is 0 Å². The molecule has 0 atom stereocenters. The second-order valence-electron chi connectivity index (χ2n) is 4.91. The van der Waals surface area contributed by atoms with E-state index in [0.29, 0.717) is 12.8 Å². The zero-order valence-electron chi connectivity index (χ0n) is 11.5. The van der Waals surface area contributed by atoms with Crippen LogP contribution in [0.3, 0.4) is 0 Å². The number of amides is 2. The van der Waals surface area contributed by atoms with Gasteiger partial charge in [0.1, 0.15) is 0 Å². The molecule has 102 valence electrons. The molecule has 1 aliphatic rings. The molecule has 0 aliphatic carbocycles. The molecule has 1 aliphatic heterocycles. The van der Waals surface area contributed by atoms with Crippen LogP contribution in [0, 0.1) is 6.92 Å². The Morgan fingerprint density at radius 3 is 2.79 bits per heavy atom. The fourth-order valence-electron chi connectivity index (χ4n) is 2.35. The quantitative estimate of drug-likeness (QED) is 0.908. The summed E-state index contributed by atoms with van der Waals surface area (Å²) in [5.74, 6) is 0.195. The number of carbonyl (C=O) groups excluding carboxylic acids is 2. The molecule has 2 amide bonds. The summed E-state index contributed by atoms with van der Waals surface area (Å²) in [5.41, 5.74) is 2.76. The van der Waals surface area contributed by atoms with Gasteiger partial charge in [-0.3, -0.25) is 9.59 Å². The van der Waals surface area contributed by atoms with E-state index in [1.54, 1.807) is 0 Å². The molecule has 19 heavy (non-hydrogen) atoms. The van der Waals surface area contributed by atoms with Gasteiger partial charge in [-0.1, -0.05) is 6.92 Å². The average molecular weight is 260 g/mol. The lowest BCUT2D eigenvalue weighted by Crippen LogP contribution is -2.35. The molecule has 1 fully saturated rings. The van der Waals surface area contributed by atoms with Gasteiger partial charge in [0, 0.05) is 30.8 Å². The molecular weight excluding hydrogens is 240 g/mol. The number of rotatable bonds is 3. The molecule has 1 heterocycles. The maximum atomic E-state index is 11.9. The Kier molecular flexibility index (Phi) is 4.20. The number of anilines is 2. The van der Waals surface area contributed by atoms with Crippen LogP contribution < -0.4 is 10.2 Å². The van der Waals surface area contributed by atoms with Crippen molar-refractivity contribution in [2.75, 3.05) is 16.8 Å². The first-order valence-corrected chi connectivity index (χ1v) is 6.82. The maximum Gasteiger partial charge on any atom is 0.226 e. The van der Waals surface area contributed by atoms with Crippen molar-refractivity contribution < 1.29 is 9.59 Å². The zero-order chi connectivity index (χ0) is 13.8. The van der Waals surface area contributed by atoms with Crippen molar-refractivity contribution in [2.45, 2.75) is 39.5 Å². The second kappa shape index (κ2) is 5.87. The van der Waals surface area contributed by atoms with Crippen molar-refractivity contribution in [2.24, 2.45) is 0 Å². The zero-order valence-corrected chi connectivity index (χ0v) is 11.5. The third-order valence-electron chi connectivity index (χ3n) is 3.42. The van der Waals surface area contributed by atoms with Crippen LogP contribution in [0.2, 0.25) is 0 Å². The second-order valence-corrected chi connectivity index (χ2v) is 4.91. The summed E-state index contributed by atoms with van der Waals surface area (Å²) in [4.78, 5) is 25.1. The van der Waals surface area contributed by atoms with Crippen molar-refractivity contribution >= 4 is 23.2 Å². The number of hydrogen-bond donors (Lipinski definition) is 1. The highest BCUT2D eigenvalue weighted by Gasteiger charge is 2.20. The molecular formula is C15H20N2O2. The summed E-state index contributed by atoms with van der Waals surface area (Å²) in [5, 5.41) is 2.83. The van der Waals surface area contributed by atoms with Crippen LogP contribution in [0.1, 0.15) is 38.2 Å². The van der Waals surface area contributed by atoms with E-state index in [0.717, 1.165) is 36.3 Å². The first-order valence-electron chi connectivity index (χ1n) is 6.82. The maximum absolute atomic E-state index is 11.9. The van der Waals surface area contributed by atoms with Crippen molar-refractivity contribution in [3.8, 4) is 0 Å². The highest BCUT2D eigenvalue weighted by molar-refractivity contribution is 5.96. The number of carbonyl (C=O) groups is 2. The molecule has 1 aromatic rings. The minimum absolute atomic E-state index is 0.00111. The van der Waals surface area contributed by atoms with Gasteiger partial charge < -0.3 is 10.2 Å². The molecule has 1 N–H and O–H groups in total. The van der Waals surface area contributed by atoms with Gasteiger partial charge in [0.15, 0.2) is 0 Å². The summed E-state index contributed by atoms with van der Waals surface area (Å²) < 4.78 is 0. The normalized spacial score (nSPS) is 15.5. The van der Waals surface area contributed by atoms with E-state index in [1.165, 1.54) is 0 Å². The number of nitrogens with zero attached hydrogens (tertiary/aromatic N) is 1. The lowest BCUT2D eigenvalue weighted by atomic mass is 10.1. The van der Waals surface area contributed by atoms with Crippen molar-refractivity contribution in [1.29, 1.82) is 0 Å². The predicted molar refractivity (Wildman–Crippen MR) is 76.3 cm³/mol. The van der Waals surface area contributed by atoms with Gasteiger partial charge in [0.05, 0.1) is 0 Å². The van der Waals surface area contributed by atoms with Crippen LogP contribution in [0.4, 0.5) is 11.4 Å². The molecule has 0 radical (unpaired) electrons. The Balaban J connectivity index is 2.19. The van der Waals surface area contributed by atoms with Crippen LogP contribution >= 0.6 is 0 Å². The SMILES string of the molecule is CCC(=O)Nc1ccc(N2CCCCC2=O)c(C)c1. The summed E-state index contributed by atoms with van der Waals surface area (Å²) >= 11 is 0. The Morgan fingerprint density at radius 1 is 1.37 bits per heavy atom. The molecule has 1 saturated heterocycles. The fraction of sp³-hybridized carbons (Fsp3) is 0.467. The molecule has 4 heteroatoms. The van der Waals surface area contributed by atoms with Gasteiger partial charge in [-0.2, -0.15) is 0 Å².